The Balaban J connectivity index is 2.96. The summed E-state index contributed by atoms with van der Waals surface area (Å²) < 4.78 is 2.11. The van der Waals surface area contributed by atoms with Gasteiger partial charge in [-0.25, -0.2) is 0 Å². The molecule has 15 heavy (non-hydrogen) atoms. The van der Waals surface area contributed by atoms with Crippen molar-refractivity contribution in [1.29, 1.82) is 0 Å². The molecule has 0 saturated heterocycles. The van der Waals surface area contributed by atoms with E-state index in [1.165, 1.54) is 11.3 Å². The second-order valence-electron chi connectivity index (χ2n) is 5.41. The lowest BCUT2D eigenvalue weighted by Crippen LogP contribution is -2.17. The zero-order chi connectivity index (χ0) is 11.6. The van der Waals surface area contributed by atoms with Gasteiger partial charge in [0.05, 0.1) is 5.69 Å². The van der Waals surface area contributed by atoms with Gasteiger partial charge in [0.2, 0.25) is 0 Å². The van der Waals surface area contributed by atoms with Crippen LogP contribution in [0.2, 0.25) is 0 Å². The van der Waals surface area contributed by atoms with Crippen LogP contribution in [0.15, 0.2) is 0 Å². The van der Waals surface area contributed by atoms with Gasteiger partial charge in [-0.3, -0.25) is 4.68 Å². The summed E-state index contributed by atoms with van der Waals surface area (Å²) in [6.07, 6.45) is 0.932. The predicted molar refractivity (Wildman–Crippen MR) is 63.9 cm³/mol. The Kier molecular flexibility index (Phi) is 3.55. The first-order valence-electron chi connectivity index (χ1n) is 5.58. The third-order valence-corrected chi connectivity index (χ3v) is 2.55. The molecule has 2 N–H and O–H groups in total. The van der Waals surface area contributed by atoms with E-state index in [4.69, 9.17) is 5.73 Å². The van der Waals surface area contributed by atoms with Crippen molar-refractivity contribution in [2.75, 3.05) is 6.54 Å². The molecule has 1 aromatic heterocycles. The van der Waals surface area contributed by atoms with Crippen LogP contribution in [-0.2, 0) is 13.0 Å². The quantitative estimate of drug-likeness (QED) is 0.828. The maximum Gasteiger partial charge on any atom is 0.0628 e. The van der Waals surface area contributed by atoms with Crippen LogP contribution in [0.3, 0.4) is 0 Å². The third kappa shape index (κ3) is 3.06. The molecule has 0 aromatic carbocycles. The van der Waals surface area contributed by atoms with Crippen molar-refractivity contribution in [1.82, 2.24) is 9.78 Å². The molecule has 0 amide bonds. The van der Waals surface area contributed by atoms with E-state index in [1.807, 2.05) is 0 Å². The molecule has 0 radical (unpaired) electrons. The number of rotatable bonds is 3. The standard InChI is InChI=1S/C12H23N3/c1-9-11(6-7-13)10(2)15(14-9)8-12(3,4)5/h6-8,13H2,1-5H3. The highest BCUT2D eigenvalue weighted by molar-refractivity contribution is 5.24. The molecule has 1 aromatic rings. The highest BCUT2D eigenvalue weighted by Crippen LogP contribution is 2.20. The molecule has 86 valence electrons. The van der Waals surface area contributed by atoms with E-state index in [-0.39, 0.29) is 5.41 Å². The number of aromatic nitrogens is 2. The molecule has 0 bridgehead atoms. The summed E-state index contributed by atoms with van der Waals surface area (Å²) in [4.78, 5) is 0. The number of hydrogen-bond donors (Lipinski definition) is 1. The van der Waals surface area contributed by atoms with Crippen LogP contribution in [0.1, 0.15) is 37.7 Å². The normalized spacial score (nSPS) is 12.1. The smallest absolute Gasteiger partial charge is 0.0628 e. The van der Waals surface area contributed by atoms with E-state index < -0.39 is 0 Å². The Labute approximate surface area is 92.7 Å². The van der Waals surface area contributed by atoms with E-state index in [9.17, 15) is 0 Å². The molecule has 0 saturated carbocycles. The minimum absolute atomic E-state index is 0.267. The third-order valence-electron chi connectivity index (χ3n) is 2.55. The molecule has 0 spiro atoms. The van der Waals surface area contributed by atoms with Gasteiger partial charge in [0.25, 0.3) is 0 Å². The van der Waals surface area contributed by atoms with Crippen LogP contribution in [0, 0.1) is 19.3 Å². The lowest BCUT2D eigenvalue weighted by atomic mass is 9.97. The summed E-state index contributed by atoms with van der Waals surface area (Å²) in [7, 11) is 0. The number of aryl methyl sites for hydroxylation is 1. The number of nitrogens with zero attached hydrogens (tertiary/aromatic N) is 2. The van der Waals surface area contributed by atoms with E-state index in [2.05, 4.69) is 44.4 Å². The van der Waals surface area contributed by atoms with Crippen molar-refractivity contribution in [3.63, 3.8) is 0 Å². The predicted octanol–water partition coefficient (Wildman–Crippen LogP) is 2.05. The molecule has 3 heteroatoms. The Morgan fingerprint density at radius 1 is 1.27 bits per heavy atom. The molecular weight excluding hydrogens is 186 g/mol. The summed E-state index contributed by atoms with van der Waals surface area (Å²) in [5, 5.41) is 4.58. The molecule has 1 rings (SSSR count). The maximum absolute atomic E-state index is 5.60. The summed E-state index contributed by atoms with van der Waals surface area (Å²) >= 11 is 0. The van der Waals surface area contributed by atoms with Crippen LogP contribution in [-0.4, -0.2) is 16.3 Å². The maximum atomic E-state index is 5.60. The molecular formula is C12H23N3. The van der Waals surface area contributed by atoms with Crippen molar-refractivity contribution >= 4 is 0 Å². The lowest BCUT2D eigenvalue weighted by molar-refractivity contribution is 0.321. The van der Waals surface area contributed by atoms with Crippen LogP contribution in [0.5, 0.6) is 0 Å². The Bertz CT molecular complexity index is 331. The largest absolute Gasteiger partial charge is 0.330 e. The molecule has 0 fully saturated rings. The molecule has 0 aliphatic rings. The van der Waals surface area contributed by atoms with Gasteiger partial charge in [-0.1, -0.05) is 20.8 Å². The van der Waals surface area contributed by atoms with Gasteiger partial charge in [-0.2, -0.15) is 5.10 Å². The summed E-state index contributed by atoms with van der Waals surface area (Å²) in [6.45, 7) is 12.5. The fraction of sp³-hybridized carbons (Fsp3) is 0.750. The second kappa shape index (κ2) is 4.35. The Morgan fingerprint density at radius 2 is 1.87 bits per heavy atom. The average Bonchev–Trinajstić information content (AvgIpc) is 2.30. The van der Waals surface area contributed by atoms with Crippen LogP contribution in [0.25, 0.3) is 0 Å². The van der Waals surface area contributed by atoms with Gasteiger partial charge in [0, 0.05) is 12.2 Å². The first-order chi connectivity index (χ1) is 6.85. The fourth-order valence-corrected chi connectivity index (χ4v) is 1.84. The Morgan fingerprint density at radius 3 is 2.33 bits per heavy atom. The van der Waals surface area contributed by atoms with Gasteiger partial charge in [0.15, 0.2) is 0 Å². The summed E-state index contributed by atoms with van der Waals surface area (Å²) in [5.74, 6) is 0. The lowest BCUT2D eigenvalue weighted by Gasteiger charge is -2.19. The monoisotopic (exact) mass is 209 g/mol. The van der Waals surface area contributed by atoms with E-state index >= 15 is 0 Å². The van der Waals surface area contributed by atoms with Gasteiger partial charge in [-0.15, -0.1) is 0 Å². The van der Waals surface area contributed by atoms with Gasteiger partial charge >= 0.3 is 0 Å². The fourth-order valence-electron chi connectivity index (χ4n) is 1.84. The first-order valence-corrected chi connectivity index (χ1v) is 5.58. The molecule has 0 aliphatic heterocycles. The highest BCUT2D eigenvalue weighted by atomic mass is 15.3. The van der Waals surface area contributed by atoms with Crippen molar-refractivity contribution in [3.8, 4) is 0 Å². The zero-order valence-electron chi connectivity index (χ0n) is 10.6. The average molecular weight is 209 g/mol. The number of hydrogen-bond acceptors (Lipinski definition) is 2. The molecule has 3 nitrogen and oxygen atoms in total. The van der Waals surface area contributed by atoms with E-state index in [0.29, 0.717) is 6.54 Å². The van der Waals surface area contributed by atoms with Crippen molar-refractivity contribution in [2.45, 2.75) is 47.6 Å². The van der Waals surface area contributed by atoms with E-state index in [1.54, 1.807) is 0 Å². The van der Waals surface area contributed by atoms with Gasteiger partial charge in [0.1, 0.15) is 0 Å². The zero-order valence-corrected chi connectivity index (χ0v) is 10.6. The first kappa shape index (κ1) is 12.2. The summed E-state index contributed by atoms with van der Waals surface area (Å²) in [5.41, 5.74) is 9.58. The minimum Gasteiger partial charge on any atom is -0.330 e. The Hall–Kier alpha value is -0.830. The van der Waals surface area contributed by atoms with Crippen molar-refractivity contribution in [2.24, 2.45) is 11.1 Å². The SMILES string of the molecule is Cc1nn(CC(C)(C)C)c(C)c1CCN. The molecule has 1 heterocycles. The molecule has 0 unspecified atom stereocenters. The van der Waals surface area contributed by atoms with Crippen molar-refractivity contribution in [3.05, 3.63) is 17.0 Å². The van der Waals surface area contributed by atoms with Crippen LogP contribution >= 0.6 is 0 Å². The highest BCUT2D eigenvalue weighted by Gasteiger charge is 2.16. The topological polar surface area (TPSA) is 43.8 Å². The number of nitrogens with two attached hydrogens (primary N) is 1. The van der Waals surface area contributed by atoms with Gasteiger partial charge in [-0.05, 0) is 37.8 Å². The van der Waals surface area contributed by atoms with Crippen LogP contribution < -0.4 is 5.73 Å². The second-order valence-corrected chi connectivity index (χ2v) is 5.41. The van der Waals surface area contributed by atoms with Gasteiger partial charge < -0.3 is 5.73 Å². The van der Waals surface area contributed by atoms with Crippen molar-refractivity contribution < 1.29 is 0 Å². The molecule has 0 atom stereocenters. The van der Waals surface area contributed by atoms with Crippen LogP contribution in [0.4, 0.5) is 0 Å². The minimum atomic E-state index is 0.267. The van der Waals surface area contributed by atoms with E-state index in [0.717, 1.165) is 18.7 Å². The molecule has 0 aliphatic carbocycles. The summed E-state index contributed by atoms with van der Waals surface area (Å²) in [6, 6.07) is 0.